The number of benzene rings is 4. The van der Waals surface area contributed by atoms with Crippen molar-refractivity contribution in [2.45, 2.75) is 0 Å². The molecule has 0 aliphatic heterocycles. The molecule has 4 rings (SSSR count). The van der Waals surface area contributed by atoms with Crippen molar-refractivity contribution in [3.8, 4) is 34.1 Å². The molecule has 0 bridgehead atoms. The van der Waals surface area contributed by atoms with Crippen LogP contribution < -0.4 is 9.05 Å². The monoisotopic (exact) mass is 436 g/mol. The molecule has 0 fully saturated rings. The molecule has 0 aromatic heterocycles. The number of para-hydroxylation sites is 2. The molecule has 31 heavy (non-hydrogen) atoms. The molecule has 0 amide bonds. The summed E-state index contributed by atoms with van der Waals surface area (Å²) in [6, 6.07) is 30.6. The van der Waals surface area contributed by atoms with Gasteiger partial charge in [0, 0.05) is 0 Å². The molecule has 0 heterocycles. The van der Waals surface area contributed by atoms with Crippen LogP contribution in [-0.4, -0.2) is 15.1 Å². The fourth-order valence-electron chi connectivity index (χ4n) is 2.56. The lowest BCUT2D eigenvalue weighted by molar-refractivity contribution is 0.291. The predicted octanol–water partition coefficient (Wildman–Crippen LogP) is 6.01. The topological polar surface area (TPSA) is 96.2 Å². The van der Waals surface area contributed by atoms with E-state index in [-0.39, 0.29) is 23.0 Å². The van der Waals surface area contributed by atoms with Crippen molar-refractivity contribution in [3.63, 3.8) is 0 Å². The Kier molecular flexibility index (Phi) is 7.33. The van der Waals surface area contributed by atoms with Crippen LogP contribution in [-0.2, 0) is 4.57 Å². The maximum Gasteiger partial charge on any atom is 0.584 e. The number of phenolic OH excluding ortho intramolecular Hbond substituents is 2. The molecule has 0 aliphatic rings. The van der Waals surface area contributed by atoms with E-state index in [2.05, 4.69) is 0 Å². The van der Waals surface area contributed by atoms with Crippen LogP contribution in [0.2, 0.25) is 0 Å². The second kappa shape index (κ2) is 10.3. The smallest absolute Gasteiger partial charge is 0.508 e. The van der Waals surface area contributed by atoms with Gasteiger partial charge in [0.25, 0.3) is 0 Å². The summed E-state index contributed by atoms with van der Waals surface area (Å²) < 4.78 is 21.5. The van der Waals surface area contributed by atoms with Crippen molar-refractivity contribution in [2.24, 2.45) is 0 Å². The van der Waals surface area contributed by atoms with Gasteiger partial charge in [-0.05, 0) is 59.7 Å². The van der Waals surface area contributed by atoms with Crippen molar-refractivity contribution in [1.82, 2.24) is 0 Å². The van der Waals surface area contributed by atoms with Gasteiger partial charge in [-0.15, -0.1) is 0 Å². The lowest BCUT2D eigenvalue weighted by Gasteiger charge is -2.13. The summed E-state index contributed by atoms with van der Waals surface area (Å²) in [5, 5.41) is 18.2. The Bertz CT molecular complexity index is 1030. The highest BCUT2D eigenvalue weighted by molar-refractivity contribution is 7.48. The number of phosphoric ester groups is 1. The lowest BCUT2D eigenvalue weighted by Crippen LogP contribution is -1.99. The number of hydrogen-bond donors (Lipinski definition) is 3. The van der Waals surface area contributed by atoms with Crippen LogP contribution in [0.5, 0.6) is 23.0 Å². The summed E-state index contributed by atoms with van der Waals surface area (Å²) in [6.45, 7) is 0. The number of phenols is 2. The fraction of sp³-hybridized carbons (Fsp3) is 0. The Morgan fingerprint density at radius 1 is 0.516 bits per heavy atom. The van der Waals surface area contributed by atoms with Gasteiger partial charge in [0.2, 0.25) is 0 Å². The number of rotatable bonds is 5. The van der Waals surface area contributed by atoms with Crippen LogP contribution in [0.3, 0.4) is 0 Å². The first kappa shape index (κ1) is 22.0. The zero-order valence-electron chi connectivity index (χ0n) is 16.4. The molecule has 4 aromatic rings. The van der Waals surface area contributed by atoms with E-state index in [0.717, 1.165) is 11.1 Å². The van der Waals surface area contributed by atoms with E-state index in [1.165, 1.54) is 0 Å². The molecule has 0 spiro atoms. The van der Waals surface area contributed by atoms with E-state index in [1.54, 1.807) is 84.9 Å². The van der Waals surface area contributed by atoms with Crippen LogP contribution in [0.15, 0.2) is 109 Å². The van der Waals surface area contributed by atoms with E-state index >= 15 is 0 Å². The summed E-state index contributed by atoms with van der Waals surface area (Å²) in [5.41, 5.74) is 2.03. The van der Waals surface area contributed by atoms with Crippen LogP contribution >= 0.6 is 7.82 Å². The van der Waals surface area contributed by atoms with Gasteiger partial charge in [0.05, 0.1) is 0 Å². The minimum absolute atomic E-state index is 0.257. The molecule has 3 N–H and O–H groups in total. The zero-order valence-corrected chi connectivity index (χ0v) is 17.3. The normalized spacial score (nSPS) is 10.5. The number of aromatic hydroxyl groups is 2. The van der Waals surface area contributed by atoms with E-state index in [1.807, 2.05) is 24.3 Å². The largest absolute Gasteiger partial charge is 0.584 e. The van der Waals surface area contributed by atoms with E-state index < -0.39 is 7.82 Å². The molecular weight excluding hydrogens is 415 g/mol. The first-order valence-corrected chi connectivity index (χ1v) is 10.8. The summed E-state index contributed by atoms with van der Waals surface area (Å²) in [5.74, 6) is 1.09. The molecule has 4 aromatic carbocycles. The number of hydrogen-bond acceptors (Lipinski definition) is 5. The van der Waals surface area contributed by atoms with Crippen molar-refractivity contribution >= 4 is 7.82 Å². The third-order valence-electron chi connectivity index (χ3n) is 4.00. The maximum absolute atomic E-state index is 11.7. The van der Waals surface area contributed by atoms with Gasteiger partial charge in [0.15, 0.2) is 0 Å². The maximum atomic E-state index is 11.7. The molecule has 0 saturated heterocycles. The molecule has 6 nitrogen and oxygen atoms in total. The second-order valence-electron chi connectivity index (χ2n) is 6.37. The quantitative estimate of drug-likeness (QED) is 0.332. The van der Waals surface area contributed by atoms with Crippen molar-refractivity contribution in [1.29, 1.82) is 0 Å². The summed E-state index contributed by atoms with van der Waals surface area (Å²) in [7, 11) is -4.14. The van der Waals surface area contributed by atoms with Gasteiger partial charge in [-0.25, -0.2) is 4.57 Å². The van der Waals surface area contributed by atoms with Gasteiger partial charge in [0.1, 0.15) is 23.0 Å². The summed E-state index contributed by atoms with van der Waals surface area (Å²) in [4.78, 5) is 9.53. The van der Waals surface area contributed by atoms with E-state index in [4.69, 9.17) is 19.3 Å². The molecule has 7 heteroatoms. The summed E-state index contributed by atoms with van der Waals surface area (Å²) in [6.07, 6.45) is 0. The molecule has 0 radical (unpaired) electrons. The van der Waals surface area contributed by atoms with Crippen LogP contribution in [0, 0.1) is 0 Å². The fourth-order valence-corrected chi connectivity index (χ4v) is 3.37. The van der Waals surface area contributed by atoms with Crippen LogP contribution in [0.1, 0.15) is 0 Å². The molecule has 0 unspecified atom stereocenters. The van der Waals surface area contributed by atoms with E-state index in [0.29, 0.717) is 0 Å². The first-order valence-electron chi connectivity index (χ1n) is 9.32. The SMILES string of the molecule is O=P(O)(Oc1ccccc1)Oc1ccccc1.Oc1ccc(-c2ccc(O)cc2)cc1. The Morgan fingerprint density at radius 3 is 1.16 bits per heavy atom. The highest BCUT2D eigenvalue weighted by Crippen LogP contribution is 2.44. The molecular formula is C24H21O6P. The van der Waals surface area contributed by atoms with Gasteiger partial charge in [-0.1, -0.05) is 60.7 Å². The van der Waals surface area contributed by atoms with Crippen LogP contribution in [0.4, 0.5) is 0 Å². The summed E-state index contributed by atoms with van der Waals surface area (Å²) >= 11 is 0. The third kappa shape index (κ3) is 7.23. The number of phosphoric acid groups is 1. The molecule has 0 atom stereocenters. The zero-order chi connectivity index (χ0) is 22.1. The van der Waals surface area contributed by atoms with Gasteiger partial charge in [-0.3, -0.25) is 4.89 Å². The average Bonchev–Trinajstić information content (AvgIpc) is 2.76. The molecule has 0 aliphatic carbocycles. The van der Waals surface area contributed by atoms with Crippen LogP contribution in [0.25, 0.3) is 11.1 Å². The van der Waals surface area contributed by atoms with Crippen molar-refractivity contribution < 1.29 is 28.7 Å². The van der Waals surface area contributed by atoms with Gasteiger partial charge in [-0.2, -0.15) is 0 Å². The van der Waals surface area contributed by atoms with Crippen molar-refractivity contribution in [3.05, 3.63) is 109 Å². The minimum Gasteiger partial charge on any atom is -0.508 e. The highest BCUT2D eigenvalue weighted by Gasteiger charge is 2.24. The lowest BCUT2D eigenvalue weighted by atomic mass is 10.1. The molecule has 0 saturated carbocycles. The average molecular weight is 436 g/mol. The van der Waals surface area contributed by atoms with E-state index in [9.17, 15) is 9.46 Å². The van der Waals surface area contributed by atoms with Gasteiger partial charge >= 0.3 is 7.82 Å². The standard InChI is InChI=1S/C12H11O4P.C12H10O2/c13-17(14,15-11-7-3-1-4-8-11)16-12-9-5-2-6-10-12;13-11-5-1-9(2-6-11)10-3-7-12(14)8-4-10/h1-10H,(H,13,14);1-8,13-14H. The third-order valence-corrected chi connectivity index (χ3v) is 4.88. The molecule has 158 valence electrons. The minimum atomic E-state index is -4.14. The predicted molar refractivity (Wildman–Crippen MR) is 119 cm³/mol. The second-order valence-corrected chi connectivity index (χ2v) is 7.67. The van der Waals surface area contributed by atoms with Crippen molar-refractivity contribution in [2.75, 3.05) is 0 Å². The Balaban J connectivity index is 0.000000179. The Hall–Kier alpha value is -3.73. The Morgan fingerprint density at radius 2 is 0.839 bits per heavy atom. The Labute approximate surface area is 180 Å². The van der Waals surface area contributed by atoms with Gasteiger partial charge < -0.3 is 19.3 Å². The highest BCUT2D eigenvalue weighted by atomic mass is 31.2. The first-order chi connectivity index (χ1) is 14.9.